The number of amides is 3. The van der Waals surface area contributed by atoms with Crippen LogP contribution in [0.2, 0.25) is 0 Å². The maximum Gasteiger partial charge on any atom is 0.253 e. The Morgan fingerprint density at radius 2 is 1.62 bits per heavy atom. The van der Waals surface area contributed by atoms with Crippen LogP contribution in [0, 0.1) is 0 Å². The molecule has 0 bridgehead atoms. The van der Waals surface area contributed by atoms with Gasteiger partial charge in [-0.2, -0.15) is 0 Å². The molecule has 3 amide bonds. The highest BCUT2D eigenvalue weighted by atomic mass is 16.2. The molecule has 0 atom stereocenters. The van der Waals surface area contributed by atoms with Crippen LogP contribution in [-0.2, 0) is 4.79 Å². The quantitative estimate of drug-likeness (QED) is 0.631. The van der Waals surface area contributed by atoms with Crippen LogP contribution < -0.4 is 11.1 Å². The van der Waals surface area contributed by atoms with Crippen LogP contribution in [0.5, 0.6) is 0 Å². The molecule has 7 heteroatoms. The van der Waals surface area contributed by atoms with Gasteiger partial charge in [0.1, 0.15) is 0 Å². The number of carbonyl (C=O) groups excluding carboxylic acids is 3. The lowest BCUT2D eigenvalue weighted by Gasteiger charge is -2.38. The highest BCUT2D eigenvalue weighted by Crippen LogP contribution is 2.19. The summed E-state index contributed by atoms with van der Waals surface area (Å²) in [6, 6.07) is 16.4. The molecule has 3 N–H and O–H groups in total. The third-order valence-corrected chi connectivity index (χ3v) is 5.88. The molecule has 0 spiro atoms. The third kappa shape index (κ3) is 6.40. The zero-order valence-corrected chi connectivity index (χ0v) is 18.6. The Morgan fingerprint density at radius 3 is 2.22 bits per heavy atom. The number of piperidine rings is 1. The van der Waals surface area contributed by atoms with E-state index in [0.717, 1.165) is 44.5 Å². The number of likely N-dealkylation sites (tertiary alicyclic amines) is 1. The van der Waals surface area contributed by atoms with E-state index < -0.39 is 5.91 Å². The first-order valence-corrected chi connectivity index (χ1v) is 11.3. The molecule has 0 aliphatic carbocycles. The summed E-state index contributed by atoms with van der Waals surface area (Å²) in [6.45, 7) is 5.21. The van der Waals surface area contributed by atoms with Crippen molar-refractivity contribution in [2.24, 2.45) is 5.73 Å². The second-order valence-corrected chi connectivity index (χ2v) is 8.17. The van der Waals surface area contributed by atoms with Gasteiger partial charge in [-0.3, -0.25) is 19.3 Å². The van der Waals surface area contributed by atoms with E-state index in [1.807, 2.05) is 35.2 Å². The number of hydrogen-bond donors (Lipinski definition) is 2. The number of anilines is 1. The van der Waals surface area contributed by atoms with Crippen molar-refractivity contribution in [1.82, 2.24) is 9.80 Å². The summed E-state index contributed by atoms with van der Waals surface area (Å²) in [5.41, 5.74) is 7.04. The molecule has 0 unspecified atom stereocenters. The highest BCUT2D eigenvalue weighted by molar-refractivity contribution is 5.95. The number of rotatable bonds is 9. The molecule has 0 radical (unpaired) electrons. The number of nitrogens with one attached hydrogen (secondary N) is 1. The summed E-state index contributed by atoms with van der Waals surface area (Å²) in [5, 5.41) is 2.88. The summed E-state index contributed by atoms with van der Waals surface area (Å²) in [4.78, 5) is 40.6. The van der Waals surface area contributed by atoms with Gasteiger partial charge in [0.25, 0.3) is 5.91 Å². The minimum atomic E-state index is -0.491. The van der Waals surface area contributed by atoms with E-state index in [9.17, 15) is 14.4 Å². The standard InChI is InChI=1S/C25H32N4O3/c1-2-15-28(18-14-23(30)27-21-10-8-19(9-11-21)24(26)31)22-12-16-29(17-13-22)25(32)20-6-4-3-5-7-20/h3-11,22H,2,12-18H2,1H3,(H2,26,31)(H,27,30). The van der Waals surface area contributed by atoms with Crippen molar-refractivity contribution in [3.8, 4) is 0 Å². The van der Waals surface area contributed by atoms with Crippen LogP contribution >= 0.6 is 0 Å². The first kappa shape index (κ1) is 23.5. The Kier molecular flexibility index (Phi) is 8.39. The largest absolute Gasteiger partial charge is 0.366 e. The summed E-state index contributed by atoms with van der Waals surface area (Å²) < 4.78 is 0. The molecule has 1 heterocycles. The van der Waals surface area contributed by atoms with Gasteiger partial charge in [-0.25, -0.2) is 0 Å². The number of primary amides is 1. The second kappa shape index (κ2) is 11.4. The molecule has 7 nitrogen and oxygen atoms in total. The number of benzene rings is 2. The van der Waals surface area contributed by atoms with Gasteiger partial charge in [0, 0.05) is 48.9 Å². The van der Waals surface area contributed by atoms with Gasteiger partial charge in [-0.15, -0.1) is 0 Å². The maximum atomic E-state index is 12.7. The molecule has 170 valence electrons. The lowest BCUT2D eigenvalue weighted by atomic mass is 10.0. The second-order valence-electron chi connectivity index (χ2n) is 8.17. The molecule has 1 saturated heterocycles. The van der Waals surface area contributed by atoms with Crippen LogP contribution in [0.3, 0.4) is 0 Å². The van der Waals surface area contributed by atoms with Crippen LogP contribution in [-0.4, -0.2) is 59.7 Å². The van der Waals surface area contributed by atoms with Crippen molar-refractivity contribution in [2.45, 2.75) is 38.6 Å². The van der Waals surface area contributed by atoms with E-state index in [2.05, 4.69) is 17.1 Å². The smallest absolute Gasteiger partial charge is 0.253 e. The predicted octanol–water partition coefficient (Wildman–Crippen LogP) is 3.13. The van der Waals surface area contributed by atoms with Crippen LogP contribution in [0.25, 0.3) is 0 Å². The predicted molar refractivity (Wildman–Crippen MR) is 125 cm³/mol. The third-order valence-electron chi connectivity index (χ3n) is 5.88. The van der Waals surface area contributed by atoms with Crippen molar-refractivity contribution in [3.05, 3.63) is 65.7 Å². The minimum absolute atomic E-state index is 0.0605. The summed E-state index contributed by atoms with van der Waals surface area (Å²) in [7, 11) is 0. The van der Waals surface area contributed by atoms with Gasteiger partial charge >= 0.3 is 0 Å². The topological polar surface area (TPSA) is 95.7 Å². The van der Waals surface area contributed by atoms with Crippen molar-refractivity contribution < 1.29 is 14.4 Å². The Morgan fingerprint density at radius 1 is 0.969 bits per heavy atom. The van der Waals surface area contributed by atoms with E-state index in [1.165, 1.54) is 0 Å². The van der Waals surface area contributed by atoms with Gasteiger partial charge in [0.2, 0.25) is 11.8 Å². The molecular weight excluding hydrogens is 404 g/mol. The fourth-order valence-electron chi connectivity index (χ4n) is 4.15. The average Bonchev–Trinajstić information content (AvgIpc) is 2.82. The molecular formula is C25H32N4O3. The Balaban J connectivity index is 1.48. The molecule has 1 aliphatic rings. The van der Waals surface area contributed by atoms with Crippen molar-refractivity contribution in [2.75, 3.05) is 31.5 Å². The Hall–Kier alpha value is -3.19. The van der Waals surface area contributed by atoms with Crippen molar-refractivity contribution in [3.63, 3.8) is 0 Å². The normalized spacial score (nSPS) is 14.4. The molecule has 1 fully saturated rings. The molecule has 2 aromatic rings. The first-order valence-electron chi connectivity index (χ1n) is 11.3. The molecule has 2 aromatic carbocycles. The fraction of sp³-hybridized carbons (Fsp3) is 0.400. The van der Waals surface area contributed by atoms with Gasteiger partial charge in [-0.05, 0) is 62.2 Å². The Bertz CT molecular complexity index is 907. The fourth-order valence-corrected chi connectivity index (χ4v) is 4.15. The number of hydrogen-bond acceptors (Lipinski definition) is 4. The van der Waals surface area contributed by atoms with E-state index in [4.69, 9.17) is 5.73 Å². The van der Waals surface area contributed by atoms with Crippen LogP contribution in [0.4, 0.5) is 5.69 Å². The summed E-state index contributed by atoms with van der Waals surface area (Å²) in [6.07, 6.45) is 3.23. The van der Waals surface area contributed by atoms with Gasteiger partial charge in [0.15, 0.2) is 0 Å². The number of nitrogens with two attached hydrogens (primary N) is 1. The maximum absolute atomic E-state index is 12.7. The molecule has 32 heavy (non-hydrogen) atoms. The zero-order chi connectivity index (χ0) is 22.9. The van der Waals surface area contributed by atoms with Gasteiger partial charge in [-0.1, -0.05) is 25.1 Å². The molecule has 0 aromatic heterocycles. The Labute approximate surface area is 189 Å². The van der Waals surface area contributed by atoms with Crippen LogP contribution in [0.1, 0.15) is 53.3 Å². The first-order chi connectivity index (χ1) is 15.5. The van der Waals surface area contributed by atoms with Crippen molar-refractivity contribution >= 4 is 23.4 Å². The molecule has 0 saturated carbocycles. The molecule has 1 aliphatic heterocycles. The van der Waals surface area contributed by atoms with Gasteiger partial charge in [0.05, 0.1) is 0 Å². The van der Waals surface area contributed by atoms with Crippen LogP contribution in [0.15, 0.2) is 54.6 Å². The average molecular weight is 437 g/mol. The summed E-state index contributed by atoms with van der Waals surface area (Å²) in [5.74, 6) is -0.461. The van der Waals surface area contributed by atoms with E-state index in [-0.39, 0.29) is 11.8 Å². The van der Waals surface area contributed by atoms with E-state index >= 15 is 0 Å². The summed E-state index contributed by atoms with van der Waals surface area (Å²) >= 11 is 0. The zero-order valence-electron chi connectivity index (χ0n) is 18.6. The van der Waals surface area contributed by atoms with Gasteiger partial charge < -0.3 is 16.0 Å². The molecule has 3 rings (SSSR count). The minimum Gasteiger partial charge on any atom is -0.366 e. The number of carbonyl (C=O) groups is 3. The lowest BCUT2D eigenvalue weighted by Crippen LogP contribution is -2.47. The van der Waals surface area contributed by atoms with Crippen molar-refractivity contribution in [1.29, 1.82) is 0 Å². The monoisotopic (exact) mass is 436 g/mol. The lowest BCUT2D eigenvalue weighted by molar-refractivity contribution is -0.116. The SMILES string of the molecule is CCCN(CCC(=O)Nc1ccc(C(N)=O)cc1)C1CCN(C(=O)c2ccccc2)CC1. The van der Waals surface area contributed by atoms with E-state index in [1.54, 1.807) is 24.3 Å². The highest BCUT2D eigenvalue weighted by Gasteiger charge is 2.27. The number of nitrogens with zero attached hydrogens (tertiary/aromatic N) is 2. The van der Waals surface area contributed by atoms with E-state index in [0.29, 0.717) is 30.3 Å².